The van der Waals surface area contributed by atoms with Crippen molar-refractivity contribution in [1.82, 2.24) is 4.90 Å². The first kappa shape index (κ1) is 15.6. The Bertz CT molecular complexity index is 524. The van der Waals surface area contributed by atoms with E-state index in [9.17, 15) is 0 Å². The van der Waals surface area contributed by atoms with Crippen LogP contribution < -0.4 is 9.64 Å². The summed E-state index contributed by atoms with van der Waals surface area (Å²) in [5.41, 5.74) is 2.66. The molecule has 2 aliphatic rings. The zero-order valence-electron chi connectivity index (χ0n) is 14.3. The number of hydrogen-bond donors (Lipinski definition) is 0. The van der Waals surface area contributed by atoms with Gasteiger partial charge in [-0.1, -0.05) is 26.8 Å². The van der Waals surface area contributed by atoms with Crippen LogP contribution >= 0.6 is 0 Å². The highest BCUT2D eigenvalue weighted by atomic mass is 16.5. The van der Waals surface area contributed by atoms with Crippen LogP contribution in [0.25, 0.3) is 0 Å². The lowest BCUT2D eigenvalue weighted by atomic mass is 9.86. The third kappa shape index (κ3) is 3.08. The molecule has 1 aromatic rings. The van der Waals surface area contributed by atoms with Gasteiger partial charge < -0.3 is 14.4 Å². The van der Waals surface area contributed by atoms with Crippen LogP contribution in [0.15, 0.2) is 18.2 Å². The predicted molar refractivity (Wildman–Crippen MR) is 90.1 cm³/mol. The van der Waals surface area contributed by atoms with Gasteiger partial charge in [0.2, 0.25) is 0 Å². The van der Waals surface area contributed by atoms with Crippen molar-refractivity contribution in [2.24, 2.45) is 0 Å². The first-order chi connectivity index (χ1) is 10.5. The Labute approximate surface area is 134 Å². The third-order valence-electron chi connectivity index (χ3n) is 4.82. The van der Waals surface area contributed by atoms with E-state index < -0.39 is 0 Å². The van der Waals surface area contributed by atoms with Crippen LogP contribution in [0.1, 0.15) is 26.3 Å². The van der Waals surface area contributed by atoms with Crippen LogP contribution in [0.5, 0.6) is 5.75 Å². The molecule has 0 spiro atoms. The third-order valence-corrected chi connectivity index (χ3v) is 4.82. The normalized spacial score (nSPS) is 23.3. The van der Waals surface area contributed by atoms with Gasteiger partial charge in [0.15, 0.2) is 0 Å². The van der Waals surface area contributed by atoms with Crippen molar-refractivity contribution < 1.29 is 9.47 Å². The van der Waals surface area contributed by atoms with Gasteiger partial charge in [0.05, 0.1) is 32.1 Å². The van der Waals surface area contributed by atoms with Crippen LogP contribution in [-0.4, -0.2) is 57.4 Å². The van der Waals surface area contributed by atoms with E-state index in [1.54, 1.807) is 7.11 Å². The molecule has 1 unspecified atom stereocenters. The van der Waals surface area contributed by atoms with Crippen molar-refractivity contribution in [1.29, 1.82) is 0 Å². The van der Waals surface area contributed by atoms with Crippen LogP contribution in [-0.2, 0) is 10.2 Å². The zero-order valence-corrected chi connectivity index (χ0v) is 14.3. The van der Waals surface area contributed by atoms with Crippen LogP contribution in [0.2, 0.25) is 0 Å². The summed E-state index contributed by atoms with van der Waals surface area (Å²) in [5.74, 6) is 0.984. The van der Waals surface area contributed by atoms with E-state index in [1.807, 2.05) is 0 Å². The Hall–Kier alpha value is -1.26. The summed E-state index contributed by atoms with van der Waals surface area (Å²) in [6.07, 6.45) is 0. The second kappa shape index (κ2) is 6.09. The molecule has 4 nitrogen and oxygen atoms in total. The van der Waals surface area contributed by atoms with E-state index in [0.717, 1.165) is 45.1 Å². The summed E-state index contributed by atoms with van der Waals surface area (Å²) in [4.78, 5) is 5.00. The molecule has 0 bridgehead atoms. The number of methoxy groups -OCH3 is 1. The molecule has 1 atom stereocenters. The van der Waals surface area contributed by atoms with Gasteiger partial charge >= 0.3 is 0 Å². The molecule has 0 amide bonds. The maximum absolute atomic E-state index is 5.68. The number of benzene rings is 1. The van der Waals surface area contributed by atoms with Gasteiger partial charge in [0.1, 0.15) is 5.75 Å². The monoisotopic (exact) mass is 304 g/mol. The molecule has 0 aliphatic carbocycles. The molecule has 2 aliphatic heterocycles. The molecule has 2 saturated heterocycles. The SMILES string of the molecule is COc1cc(C(C)(C)C)ccc1N1CCN2CCOCC2C1. The average molecular weight is 304 g/mol. The Morgan fingerprint density at radius 1 is 1.18 bits per heavy atom. The van der Waals surface area contributed by atoms with E-state index in [1.165, 1.54) is 11.3 Å². The van der Waals surface area contributed by atoms with Crippen molar-refractivity contribution in [3.05, 3.63) is 23.8 Å². The first-order valence-electron chi connectivity index (χ1n) is 8.24. The zero-order chi connectivity index (χ0) is 15.7. The van der Waals surface area contributed by atoms with Gasteiger partial charge in [-0.15, -0.1) is 0 Å². The van der Waals surface area contributed by atoms with Crippen LogP contribution in [0.3, 0.4) is 0 Å². The van der Waals surface area contributed by atoms with E-state index in [-0.39, 0.29) is 5.41 Å². The van der Waals surface area contributed by atoms with Crippen molar-refractivity contribution in [2.45, 2.75) is 32.2 Å². The van der Waals surface area contributed by atoms with E-state index >= 15 is 0 Å². The van der Waals surface area contributed by atoms with Crippen LogP contribution in [0.4, 0.5) is 5.69 Å². The highest BCUT2D eigenvalue weighted by Crippen LogP contribution is 2.35. The predicted octanol–water partition coefficient (Wildman–Crippen LogP) is 2.51. The lowest BCUT2D eigenvalue weighted by Gasteiger charge is -2.44. The van der Waals surface area contributed by atoms with Crippen molar-refractivity contribution >= 4 is 5.69 Å². The highest BCUT2D eigenvalue weighted by molar-refractivity contribution is 5.61. The number of ether oxygens (including phenoxy) is 2. The lowest BCUT2D eigenvalue weighted by Crippen LogP contribution is -2.58. The van der Waals surface area contributed by atoms with Gasteiger partial charge in [-0.3, -0.25) is 4.90 Å². The minimum Gasteiger partial charge on any atom is -0.495 e. The molecule has 0 N–H and O–H groups in total. The molecule has 3 rings (SSSR count). The molecule has 2 fully saturated rings. The summed E-state index contributed by atoms with van der Waals surface area (Å²) in [6, 6.07) is 7.16. The van der Waals surface area contributed by atoms with E-state index in [2.05, 4.69) is 48.8 Å². The second-order valence-electron chi connectivity index (χ2n) is 7.35. The molecule has 122 valence electrons. The Balaban J connectivity index is 1.82. The van der Waals surface area contributed by atoms with Crippen molar-refractivity contribution in [3.8, 4) is 5.75 Å². The smallest absolute Gasteiger partial charge is 0.142 e. The van der Waals surface area contributed by atoms with E-state index in [4.69, 9.17) is 9.47 Å². The van der Waals surface area contributed by atoms with Crippen LogP contribution in [0, 0.1) is 0 Å². The highest BCUT2D eigenvalue weighted by Gasteiger charge is 2.30. The Morgan fingerprint density at radius 2 is 2.00 bits per heavy atom. The number of fused-ring (bicyclic) bond motifs is 1. The Kier molecular flexibility index (Phi) is 4.33. The average Bonchev–Trinajstić information content (AvgIpc) is 2.53. The van der Waals surface area contributed by atoms with Gasteiger partial charge in [-0.25, -0.2) is 0 Å². The number of morpholine rings is 1. The topological polar surface area (TPSA) is 24.9 Å². The molecule has 1 aromatic carbocycles. The summed E-state index contributed by atoms with van der Waals surface area (Å²) >= 11 is 0. The van der Waals surface area contributed by atoms with Gasteiger partial charge in [0.25, 0.3) is 0 Å². The largest absolute Gasteiger partial charge is 0.495 e. The standard InChI is InChI=1S/C18H28N2O2/c1-18(2,3)14-5-6-16(17(11-14)21-4)20-8-7-19-9-10-22-13-15(19)12-20/h5-6,11,15H,7-10,12-13H2,1-4H3. The maximum Gasteiger partial charge on any atom is 0.142 e. The molecule has 4 heteroatoms. The molecule has 0 radical (unpaired) electrons. The molecule has 2 heterocycles. The van der Waals surface area contributed by atoms with E-state index in [0.29, 0.717) is 6.04 Å². The molecule has 22 heavy (non-hydrogen) atoms. The minimum atomic E-state index is 0.141. The summed E-state index contributed by atoms with van der Waals surface area (Å²) in [5, 5.41) is 0. The first-order valence-corrected chi connectivity index (χ1v) is 8.24. The second-order valence-corrected chi connectivity index (χ2v) is 7.35. The fourth-order valence-corrected chi connectivity index (χ4v) is 3.37. The Morgan fingerprint density at radius 3 is 2.73 bits per heavy atom. The quantitative estimate of drug-likeness (QED) is 0.838. The number of rotatable bonds is 2. The van der Waals surface area contributed by atoms with Crippen molar-refractivity contribution in [3.63, 3.8) is 0 Å². The fourth-order valence-electron chi connectivity index (χ4n) is 3.37. The number of nitrogens with zero attached hydrogens (tertiary/aromatic N) is 2. The summed E-state index contributed by atoms with van der Waals surface area (Å²) in [6.45, 7) is 12.7. The molecular weight excluding hydrogens is 276 g/mol. The fraction of sp³-hybridized carbons (Fsp3) is 0.667. The van der Waals surface area contributed by atoms with Gasteiger partial charge in [-0.05, 0) is 23.1 Å². The molecule has 0 saturated carbocycles. The van der Waals surface area contributed by atoms with Gasteiger partial charge in [0, 0.05) is 26.2 Å². The number of anilines is 1. The van der Waals surface area contributed by atoms with Crippen molar-refractivity contribution in [2.75, 3.05) is 51.4 Å². The number of piperazine rings is 1. The minimum absolute atomic E-state index is 0.141. The molecule has 0 aromatic heterocycles. The van der Waals surface area contributed by atoms with Gasteiger partial charge in [-0.2, -0.15) is 0 Å². The maximum atomic E-state index is 5.68. The summed E-state index contributed by atoms with van der Waals surface area (Å²) in [7, 11) is 1.77. The lowest BCUT2D eigenvalue weighted by molar-refractivity contribution is -0.0117. The number of hydrogen-bond acceptors (Lipinski definition) is 4. The summed E-state index contributed by atoms with van der Waals surface area (Å²) < 4.78 is 11.3. The molecular formula is C18H28N2O2.